The van der Waals surface area contributed by atoms with E-state index < -0.39 is 20.9 Å². The number of aromatic nitrogens is 1. The Kier molecular flexibility index (Phi) is 7.29. The highest BCUT2D eigenvalue weighted by molar-refractivity contribution is 7.89. The van der Waals surface area contributed by atoms with Gasteiger partial charge < -0.3 is 4.74 Å². The van der Waals surface area contributed by atoms with E-state index in [9.17, 15) is 23.3 Å². The van der Waals surface area contributed by atoms with Crippen LogP contribution in [0.2, 0.25) is 0 Å². The zero-order valence-electron chi connectivity index (χ0n) is 19.4. The van der Waals surface area contributed by atoms with Crippen LogP contribution in [0.4, 0.5) is 10.8 Å². The zero-order valence-corrected chi connectivity index (χ0v) is 21.0. The Bertz CT molecular complexity index is 1520. The van der Waals surface area contributed by atoms with Crippen molar-refractivity contribution in [2.75, 3.05) is 19.0 Å². The molecule has 186 valence electrons. The Balaban J connectivity index is 1.52. The molecule has 12 heteroatoms. The van der Waals surface area contributed by atoms with Crippen molar-refractivity contribution in [3.8, 4) is 5.75 Å². The molecular weight excluding hydrogens is 504 g/mol. The Hall–Kier alpha value is -3.87. The third kappa shape index (κ3) is 5.20. The second-order valence-electron chi connectivity index (χ2n) is 7.67. The molecule has 4 aromatic rings. The summed E-state index contributed by atoms with van der Waals surface area (Å²) in [4.78, 5) is 27.8. The Labute approximate surface area is 211 Å². The number of anilines is 1. The maximum absolute atomic E-state index is 13.1. The lowest BCUT2D eigenvalue weighted by Gasteiger charge is -2.20. The number of carbonyl (C=O) groups is 1. The van der Waals surface area contributed by atoms with E-state index in [1.54, 1.807) is 6.92 Å². The van der Waals surface area contributed by atoms with E-state index in [-0.39, 0.29) is 33.6 Å². The number of carbonyl (C=O) groups excluding carboxylic acids is 1. The van der Waals surface area contributed by atoms with Crippen molar-refractivity contribution in [1.29, 1.82) is 0 Å². The van der Waals surface area contributed by atoms with Crippen molar-refractivity contribution in [2.24, 2.45) is 0 Å². The molecule has 1 amide bonds. The van der Waals surface area contributed by atoms with Crippen LogP contribution in [0.1, 0.15) is 22.8 Å². The third-order valence-corrected chi connectivity index (χ3v) is 8.26. The maximum atomic E-state index is 13.1. The Morgan fingerprint density at radius 2 is 1.83 bits per heavy atom. The molecule has 10 nitrogen and oxygen atoms in total. The quantitative estimate of drug-likeness (QED) is 0.247. The molecule has 1 N–H and O–H groups in total. The minimum Gasteiger partial charge on any atom is -0.494 e. The van der Waals surface area contributed by atoms with E-state index in [1.165, 1.54) is 47.8 Å². The van der Waals surface area contributed by atoms with Gasteiger partial charge in [0.15, 0.2) is 10.9 Å². The summed E-state index contributed by atoms with van der Waals surface area (Å²) in [6, 6.07) is 17.6. The summed E-state index contributed by atoms with van der Waals surface area (Å²) in [5.41, 5.74) is 1.35. The predicted octanol–water partition coefficient (Wildman–Crippen LogP) is 4.68. The summed E-state index contributed by atoms with van der Waals surface area (Å²) >= 11 is 1.07. The van der Waals surface area contributed by atoms with Crippen molar-refractivity contribution in [2.45, 2.75) is 18.4 Å². The van der Waals surface area contributed by atoms with Gasteiger partial charge in [-0.15, -0.1) is 0 Å². The number of fused-ring (bicyclic) bond motifs is 1. The summed E-state index contributed by atoms with van der Waals surface area (Å²) in [5.74, 6) is -0.274. The number of ether oxygens (including phenoxy) is 1. The highest BCUT2D eigenvalue weighted by Crippen LogP contribution is 2.36. The van der Waals surface area contributed by atoms with Gasteiger partial charge in [0.1, 0.15) is 5.52 Å². The average Bonchev–Trinajstić information content (AvgIpc) is 3.29. The molecule has 0 atom stereocenters. The van der Waals surface area contributed by atoms with E-state index in [0.29, 0.717) is 16.8 Å². The van der Waals surface area contributed by atoms with Crippen molar-refractivity contribution in [3.63, 3.8) is 0 Å². The minimum absolute atomic E-state index is 0.0777. The molecule has 0 saturated heterocycles. The molecule has 36 heavy (non-hydrogen) atoms. The average molecular weight is 527 g/mol. The number of thiazole rings is 1. The zero-order chi connectivity index (χ0) is 25.9. The van der Waals surface area contributed by atoms with E-state index in [4.69, 9.17) is 4.74 Å². The van der Waals surface area contributed by atoms with Gasteiger partial charge in [0.25, 0.3) is 11.6 Å². The second kappa shape index (κ2) is 10.4. The number of nitro groups is 1. The lowest BCUT2D eigenvalue weighted by Crippen LogP contribution is -2.30. The molecule has 0 radical (unpaired) electrons. The number of nitrogens with zero attached hydrogens (tertiary/aromatic N) is 3. The first-order valence-corrected chi connectivity index (χ1v) is 13.1. The van der Waals surface area contributed by atoms with Gasteiger partial charge in [0, 0.05) is 24.7 Å². The summed E-state index contributed by atoms with van der Waals surface area (Å²) in [6.07, 6.45) is 0. The van der Waals surface area contributed by atoms with Gasteiger partial charge in [-0.3, -0.25) is 20.2 Å². The molecule has 0 aliphatic heterocycles. The Morgan fingerprint density at radius 3 is 2.44 bits per heavy atom. The molecule has 0 bridgehead atoms. The first kappa shape index (κ1) is 25.2. The molecule has 0 spiro atoms. The predicted molar refractivity (Wildman–Crippen MR) is 137 cm³/mol. The Morgan fingerprint density at radius 1 is 1.14 bits per heavy atom. The van der Waals surface area contributed by atoms with Gasteiger partial charge in [-0.25, -0.2) is 13.4 Å². The fraction of sp³-hybridized carbons (Fsp3) is 0.167. The van der Waals surface area contributed by atoms with Gasteiger partial charge in [-0.2, -0.15) is 4.31 Å². The topological polar surface area (TPSA) is 132 Å². The monoisotopic (exact) mass is 526 g/mol. The van der Waals surface area contributed by atoms with E-state index in [1.807, 2.05) is 30.3 Å². The van der Waals surface area contributed by atoms with Crippen molar-refractivity contribution >= 4 is 48.3 Å². The van der Waals surface area contributed by atoms with Crippen molar-refractivity contribution in [1.82, 2.24) is 9.29 Å². The van der Waals surface area contributed by atoms with Gasteiger partial charge in [-0.1, -0.05) is 48.6 Å². The third-order valence-electron chi connectivity index (χ3n) is 5.40. The highest BCUT2D eigenvalue weighted by Gasteiger charge is 2.24. The molecule has 1 heterocycles. The molecule has 4 rings (SSSR count). The van der Waals surface area contributed by atoms with Crippen LogP contribution in [-0.4, -0.2) is 42.2 Å². The molecule has 1 aromatic heterocycles. The number of hydrogen-bond donors (Lipinski definition) is 1. The van der Waals surface area contributed by atoms with Crippen LogP contribution in [0.15, 0.2) is 71.6 Å². The summed E-state index contributed by atoms with van der Waals surface area (Å²) in [5, 5.41) is 14.0. The lowest BCUT2D eigenvalue weighted by molar-refractivity contribution is -0.384. The smallest absolute Gasteiger partial charge is 0.274 e. The van der Waals surface area contributed by atoms with Crippen LogP contribution < -0.4 is 10.1 Å². The normalized spacial score (nSPS) is 11.5. The van der Waals surface area contributed by atoms with Crippen LogP contribution in [-0.2, 0) is 16.6 Å². The number of rotatable bonds is 9. The number of nitrogens with one attached hydrogen (secondary N) is 1. The van der Waals surface area contributed by atoms with Crippen molar-refractivity contribution in [3.05, 3.63) is 88.0 Å². The largest absolute Gasteiger partial charge is 0.494 e. The fourth-order valence-corrected chi connectivity index (χ4v) is 5.90. The SMILES string of the molecule is CCN(Cc1ccccc1)S(=O)(=O)c1ccc(C(=O)Nc2nc3c(OC)cc([N+](=O)[O-])cc3s2)cc1. The van der Waals surface area contributed by atoms with Crippen LogP contribution >= 0.6 is 11.3 Å². The first-order chi connectivity index (χ1) is 17.2. The summed E-state index contributed by atoms with van der Waals surface area (Å²) < 4.78 is 33.3. The van der Waals surface area contributed by atoms with E-state index in [0.717, 1.165) is 16.9 Å². The maximum Gasteiger partial charge on any atom is 0.274 e. The van der Waals surface area contributed by atoms with Crippen molar-refractivity contribution < 1.29 is 22.9 Å². The molecule has 0 fully saturated rings. The van der Waals surface area contributed by atoms with E-state index in [2.05, 4.69) is 10.3 Å². The van der Waals surface area contributed by atoms with Gasteiger partial charge >= 0.3 is 0 Å². The molecule has 0 unspecified atom stereocenters. The first-order valence-electron chi connectivity index (χ1n) is 10.8. The molecular formula is C24H22N4O6S2. The van der Waals surface area contributed by atoms with E-state index >= 15 is 0 Å². The number of methoxy groups -OCH3 is 1. The number of amides is 1. The second-order valence-corrected chi connectivity index (χ2v) is 10.6. The highest BCUT2D eigenvalue weighted by atomic mass is 32.2. The van der Waals surface area contributed by atoms with Crippen LogP contribution in [0, 0.1) is 10.1 Å². The minimum atomic E-state index is -3.76. The number of non-ortho nitro benzene ring substituents is 1. The molecule has 3 aromatic carbocycles. The number of benzene rings is 3. The van der Waals surface area contributed by atoms with Crippen LogP contribution in [0.5, 0.6) is 5.75 Å². The standard InChI is InChI=1S/C24H22N4O6S2/c1-3-27(15-16-7-5-4-6-8-16)36(32,33)19-11-9-17(10-12-19)23(29)26-24-25-22-20(34-2)13-18(28(30)31)14-21(22)35-24/h4-14H,3,15H2,1-2H3,(H,25,26,29). The molecule has 0 saturated carbocycles. The van der Waals surface area contributed by atoms with Gasteiger partial charge in [0.05, 0.1) is 27.7 Å². The lowest BCUT2D eigenvalue weighted by atomic mass is 10.2. The number of nitro benzene ring substituents is 1. The van der Waals surface area contributed by atoms with Gasteiger partial charge in [0.2, 0.25) is 10.0 Å². The number of sulfonamides is 1. The fourth-order valence-electron chi connectivity index (χ4n) is 3.55. The summed E-state index contributed by atoms with van der Waals surface area (Å²) in [7, 11) is -2.38. The van der Waals surface area contributed by atoms with Crippen LogP contribution in [0.25, 0.3) is 10.2 Å². The van der Waals surface area contributed by atoms with Crippen LogP contribution in [0.3, 0.4) is 0 Å². The molecule has 0 aliphatic carbocycles. The summed E-state index contributed by atoms with van der Waals surface area (Å²) in [6.45, 7) is 2.30. The molecule has 0 aliphatic rings. The number of hydrogen-bond acceptors (Lipinski definition) is 8. The van der Waals surface area contributed by atoms with Gasteiger partial charge in [-0.05, 0) is 29.8 Å².